The van der Waals surface area contributed by atoms with E-state index in [0.29, 0.717) is 12.1 Å². The van der Waals surface area contributed by atoms with Crippen molar-refractivity contribution in [2.45, 2.75) is 0 Å². The predicted molar refractivity (Wildman–Crippen MR) is 84.3 cm³/mol. The number of carbonyl (C=O) groups is 1. The molecule has 8 heteroatoms. The Morgan fingerprint density at radius 2 is 2.00 bits per heavy atom. The number of anilines is 2. The first-order valence-electron chi connectivity index (χ1n) is 6.60. The third-order valence-electron chi connectivity index (χ3n) is 3.28. The molecule has 0 radical (unpaired) electrons. The lowest BCUT2D eigenvalue weighted by Crippen LogP contribution is -2.27. The van der Waals surface area contributed by atoms with Crippen molar-refractivity contribution in [3.8, 4) is 0 Å². The van der Waals surface area contributed by atoms with Gasteiger partial charge in [0.1, 0.15) is 17.7 Å². The van der Waals surface area contributed by atoms with Gasteiger partial charge >= 0.3 is 0 Å². The molecule has 0 aliphatic carbocycles. The first-order valence-corrected chi connectivity index (χ1v) is 6.60. The standard InChI is InChI=1S/C15H11N5O3/c16-19(14-6-5-12(8-17-14)20(22)23)15-13-4-2-1-3-10(13)7-11(9-21)18-15/h1-9H,16H2. The summed E-state index contributed by atoms with van der Waals surface area (Å²) in [6, 6.07) is 11.7. The summed E-state index contributed by atoms with van der Waals surface area (Å²) in [5, 5.41) is 13.4. The molecule has 114 valence electrons. The summed E-state index contributed by atoms with van der Waals surface area (Å²) >= 11 is 0. The van der Waals surface area contributed by atoms with E-state index in [0.717, 1.165) is 17.0 Å². The van der Waals surface area contributed by atoms with E-state index in [1.807, 2.05) is 24.3 Å². The molecule has 0 unspecified atom stereocenters. The summed E-state index contributed by atoms with van der Waals surface area (Å²) in [5.74, 6) is 6.67. The number of nitrogens with zero attached hydrogens (tertiary/aromatic N) is 4. The zero-order valence-electron chi connectivity index (χ0n) is 11.8. The van der Waals surface area contributed by atoms with Crippen LogP contribution in [0.15, 0.2) is 48.7 Å². The van der Waals surface area contributed by atoms with Crippen molar-refractivity contribution in [3.63, 3.8) is 0 Å². The van der Waals surface area contributed by atoms with E-state index in [-0.39, 0.29) is 17.2 Å². The molecule has 0 atom stereocenters. The molecule has 0 saturated heterocycles. The maximum Gasteiger partial charge on any atom is 0.287 e. The highest BCUT2D eigenvalue weighted by Gasteiger charge is 2.15. The smallest absolute Gasteiger partial charge is 0.287 e. The van der Waals surface area contributed by atoms with E-state index in [4.69, 9.17) is 5.84 Å². The van der Waals surface area contributed by atoms with Crippen LogP contribution in [-0.2, 0) is 0 Å². The second-order valence-electron chi connectivity index (χ2n) is 4.71. The zero-order chi connectivity index (χ0) is 16.4. The van der Waals surface area contributed by atoms with E-state index in [9.17, 15) is 14.9 Å². The van der Waals surface area contributed by atoms with Crippen molar-refractivity contribution in [2.75, 3.05) is 5.01 Å². The van der Waals surface area contributed by atoms with Crippen LogP contribution in [-0.4, -0.2) is 21.2 Å². The van der Waals surface area contributed by atoms with Gasteiger partial charge in [-0.15, -0.1) is 0 Å². The van der Waals surface area contributed by atoms with Gasteiger partial charge in [0.2, 0.25) is 0 Å². The number of fused-ring (bicyclic) bond motifs is 1. The summed E-state index contributed by atoms with van der Waals surface area (Å²) in [4.78, 5) is 29.4. The summed E-state index contributed by atoms with van der Waals surface area (Å²) < 4.78 is 0. The molecule has 0 saturated carbocycles. The van der Waals surface area contributed by atoms with Gasteiger partial charge in [0.25, 0.3) is 5.69 Å². The third-order valence-corrected chi connectivity index (χ3v) is 3.28. The van der Waals surface area contributed by atoms with Crippen LogP contribution < -0.4 is 10.9 Å². The van der Waals surface area contributed by atoms with Crippen molar-refractivity contribution < 1.29 is 9.72 Å². The first-order chi connectivity index (χ1) is 11.1. The van der Waals surface area contributed by atoms with Crippen LogP contribution in [0.4, 0.5) is 17.3 Å². The number of rotatable bonds is 4. The van der Waals surface area contributed by atoms with Crippen LogP contribution in [0.2, 0.25) is 0 Å². The number of benzene rings is 1. The van der Waals surface area contributed by atoms with Crippen LogP contribution in [0.5, 0.6) is 0 Å². The minimum absolute atomic E-state index is 0.137. The molecule has 23 heavy (non-hydrogen) atoms. The third kappa shape index (κ3) is 2.70. The molecule has 2 heterocycles. The molecule has 0 spiro atoms. The average molecular weight is 309 g/mol. The fourth-order valence-corrected chi connectivity index (χ4v) is 2.18. The predicted octanol–water partition coefficient (Wildman–Crippen LogP) is 2.36. The minimum atomic E-state index is -0.543. The summed E-state index contributed by atoms with van der Waals surface area (Å²) in [6.07, 6.45) is 1.74. The van der Waals surface area contributed by atoms with E-state index < -0.39 is 4.92 Å². The van der Waals surface area contributed by atoms with Crippen molar-refractivity contribution in [3.05, 3.63) is 64.5 Å². The largest absolute Gasteiger partial charge is 0.296 e. The Balaban J connectivity index is 2.11. The molecule has 0 aliphatic heterocycles. The lowest BCUT2D eigenvalue weighted by Gasteiger charge is -2.18. The summed E-state index contributed by atoms with van der Waals surface area (Å²) in [7, 11) is 0. The normalized spacial score (nSPS) is 10.5. The quantitative estimate of drug-likeness (QED) is 0.340. The Morgan fingerprint density at radius 3 is 2.65 bits per heavy atom. The molecule has 0 fully saturated rings. The Hall–Kier alpha value is -3.39. The van der Waals surface area contributed by atoms with Gasteiger partial charge < -0.3 is 0 Å². The van der Waals surface area contributed by atoms with Crippen LogP contribution in [0.25, 0.3) is 10.8 Å². The number of pyridine rings is 2. The van der Waals surface area contributed by atoms with E-state index >= 15 is 0 Å². The van der Waals surface area contributed by atoms with Crippen LogP contribution >= 0.6 is 0 Å². The number of hydrogen-bond donors (Lipinski definition) is 1. The minimum Gasteiger partial charge on any atom is -0.296 e. The molecule has 0 amide bonds. The second-order valence-corrected chi connectivity index (χ2v) is 4.71. The fourth-order valence-electron chi connectivity index (χ4n) is 2.18. The van der Waals surface area contributed by atoms with Crippen LogP contribution in [0.3, 0.4) is 0 Å². The summed E-state index contributed by atoms with van der Waals surface area (Å²) in [6.45, 7) is 0. The Labute approximate surface area is 130 Å². The molecule has 0 aliphatic rings. The lowest BCUT2D eigenvalue weighted by atomic mass is 10.1. The van der Waals surface area contributed by atoms with Gasteiger partial charge in [-0.25, -0.2) is 20.8 Å². The number of aldehydes is 1. The molecular formula is C15H11N5O3. The fraction of sp³-hybridized carbons (Fsp3) is 0. The van der Waals surface area contributed by atoms with Gasteiger partial charge in [-0.1, -0.05) is 24.3 Å². The maximum atomic E-state index is 11.1. The van der Waals surface area contributed by atoms with Crippen LogP contribution in [0.1, 0.15) is 10.5 Å². The highest BCUT2D eigenvalue weighted by molar-refractivity contribution is 5.96. The molecular weight excluding hydrogens is 298 g/mol. The molecule has 3 aromatic rings. The average Bonchev–Trinajstić information content (AvgIpc) is 2.60. The van der Waals surface area contributed by atoms with Gasteiger partial charge in [-0.05, 0) is 17.5 Å². The Morgan fingerprint density at radius 1 is 1.22 bits per heavy atom. The molecule has 0 bridgehead atoms. The lowest BCUT2D eigenvalue weighted by molar-refractivity contribution is -0.385. The number of hydrazine groups is 1. The highest BCUT2D eigenvalue weighted by Crippen LogP contribution is 2.28. The maximum absolute atomic E-state index is 11.1. The van der Waals surface area contributed by atoms with Crippen molar-refractivity contribution in [2.24, 2.45) is 5.84 Å². The first kappa shape index (κ1) is 14.5. The molecule has 8 nitrogen and oxygen atoms in total. The van der Waals surface area contributed by atoms with Crippen molar-refractivity contribution in [1.29, 1.82) is 0 Å². The van der Waals surface area contributed by atoms with Crippen molar-refractivity contribution in [1.82, 2.24) is 9.97 Å². The second kappa shape index (κ2) is 5.78. The Kier molecular flexibility index (Phi) is 3.65. The monoisotopic (exact) mass is 309 g/mol. The molecule has 3 rings (SSSR count). The highest BCUT2D eigenvalue weighted by atomic mass is 16.6. The number of nitrogens with two attached hydrogens (primary N) is 1. The molecule has 2 aromatic heterocycles. The van der Waals surface area contributed by atoms with Crippen LogP contribution in [0, 0.1) is 10.1 Å². The van der Waals surface area contributed by atoms with E-state index in [1.165, 1.54) is 17.1 Å². The number of aromatic nitrogens is 2. The topological polar surface area (TPSA) is 115 Å². The number of hydrogen-bond acceptors (Lipinski definition) is 7. The van der Waals surface area contributed by atoms with Gasteiger partial charge in [-0.3, -0.25) is 14.9 Å². The number of nitro groups is 1. The van der Waals surface area contributed by atoms with E-state index in [1.54, 1.807) is 6.07 Å². The van der Waals surface area contributed by atoms with Gasteiger partial charge in [-0.2, -0.15) is 0 Å². The van der Waals surface area contributed by atoms with Gasteiger partial charge in [0.05, 0.1) is 4.92 Å². The van der Waals surface area contributed by atoms with E-state index in [2.05, 4.69) is 9.97 Å². The molecule has 2 N–H and O–H groups in total. The molecule has 1 aromatic carbocycles. The summed E-state index contributed by atoms with van der Waals surface area (Å²) in [5.41, 5.74) is 0.0951. The number of carbonyl (C=O) groups excluding carboxylic acids is 1. The SMILES string of the molecule is NN(c1ccc([N+](=O)[O-])cn1)c1nc(C=O)cc2ccccc12. The van der Waals surface area contributed by atoms with Crippen molar-refractivity contribution >= 4 is 34.4 Å². The van der Waals surface area contributed by atoms with Gasteiger partial charge in [0.15, 0.2) is 12.1 Å². The Bertz CT molecular complexity index is 895. The van der Waals surface area contributed by atoms with Gasteiger partial charge in [0, 0.05) is 11.5 Å². The zero-order valence-corrected chi connectivity index (χ0v) is 11.8.